The van der Waals surface area contributed by atoms with E-state index in [0.29, 0.717) is 12.4 Å². The largest absolute Gasteiger partial charge is 0.481 e. The number of ether oxygens (including phenoxy) is 1. The molecule has 2 amide bonds. The fraction of sp³-hybridized carbons (Fsp3) is 0.571. The number of rotatable bonds is 3. The van der Waals surface area contributed by atoms with Crippen LogP contribution >= 0.6 is 0 Å². The van der Waals surface area contributed by atoms with Gasteiger partial charge < -0.3 is 15.0 Å². The van der Waals surface area contributed by atoms with Crippen LogP contribution in [0.2, 0.25) is 0 Å². The summed E-state index contributed by atoms with van der Waals surface area (Å²) in [6, 6.07) is 3.74. The number of nitrogens with zero attached hydrogens (tertiary/aromatic N) is 2. The lowest BCUT2D eigenvalue weighted by molar-refractivity contribution is 0.199. The molecule has 1 fully saturated rings. The van der Waals surface area contributed by atoms with Gasteiger partial charge in [0.2, 0.25) is 5.88 Å². The van der Waals surface area contributed by atoms with Gasteiger partial charge in [0, 0.05) is 31.9 Å². The molecule has 0 spiro atoms. The summed E-state index contributed by atoms with van der Waals surface area (Å²) in [4.78, 5) is 18.0. The lowest BCUT2D eigenvalue weighted by Crippen LogP contribution is -2.40. The Morgan fingerprint density at radius 2 is 2.11 bits per heavy atom. The van der Waals surface area contributed by atoms with Crippen molar-refractivity contribution in [1.29, 1.82) is 0 Å². The first-order chi connectivity index (χ1) is 9.29. The number of hydrogen-bond acceptors (Lipinski definition) is 3. The predicted molar refractivity (Wildman–Crippen MR) is 73.1 cm³/mol. The second-order valence-electron chi connectivity index (χ2n) is 4.77. The van der Waals surface area contributed by atoms with Crippen molar-refractivity contribution in [3.05, 3.63) is 23.9 Å². The Labute approximate surface area is 114 Å². The summed E-state index contributed by atoms with van der Waals surface area (Å²) in [7, 11) is 1.59. The van der Waals surface area contributed by atoms with E-state index in [9.17, 15) is 4.79 Å². The number of methoxy groups -OCH3 is 1. The van der Waals surface area contributed by atoms with Gasteiger partial charge in [-0.15, -0.1) is 0 Å². The van der Waals surface area contributed by atoms with E-state index in [1.807, 2.05) is 17.0 Å². The molecule has 0 aliphatic carbocycles. The number of hydrogen-bond donors (Lipinski definition) is 1. The van der Waals surface area contributed by atoms with E-state index in [4.69, 9.17) is 4.74 Å². The zero-order valence-corrected chi connectivity index (χ0v) is 11.4. The number of carbonyl (C=O) groups is 1. The van der Waals surface area contributed by atoms with Crippen LogP contribution in [0.3, 0.4) is 0 Å². The highest BCUT2D eigenvalue weighted by molar-refractivity contribution is 5.74. The molecule has 1 aliphatic heterocycles. The van der Waals surface area contributed by atoms with Crippen LogP contribution in [0.15, 0.2) is 18.3 Å². The van der Waals surface area contributed by atoms with Crippen molar-refractivity contribution in [3.8, 4) is 5.88 Å². The molecule has 0 radical (unpaired) electrons. The smallest absolute Gasteiger partial charge is 0.317 e. The summed E-state index contributed by atoms with van der Waals surface area (Å²) in [5, 5.41) is 2.95. The van der Waals surface area contributed by atoms with E-state index in [-0.39, 0.29) is 6.03 Å². The van der Waals surface area contributed by atoms with Gasteiger partial charge in [-0.25, -0.2) is 9.78 Å². The van der Waals surface area contributed by atoms with Gasteiger partial charge in [-0.05, 0) is 24.5 Å². The minimum Gasteiger partial charge on any atom is -0.481 e. The maximum atomic E-state index is 12.0. The molecule has 2 heterocycles. The Hall–Kier alpha value is -1.78. The Kier molecular flexibility index (Phi) is 5.01. The quantitative estimate of drug-likeness (QED) is 0.909. The van der Waals surface area contributed by atoms with Crippen molar-refractivity contribution in [2.24, 2.45) is 0 Å². The Bertz CT molecular complexity index is 415. The highest BCUT2D eigenvalue weighted by Crippen LogP contribution is 2.11. The van der Waals surface area contributed by atoms with Crippen molar-refractivity contribution in [2.45, 2.75) is 32.2 Å². The van der Waals surface area contributed by atoms with Gasteiger partial charge in [-0.3, -0.25) is 0 Å². The van der Waals surface area contributed by atoms with E-state index in [1.165, 1.54) is 12.8 Å². The summed E-state index contributed by atoms with van der Waals surface area (Å²) in [6.07, 6.45) is 6.36. The van der Waals surface area contributed by atoms with E-state index < -0.39 is 0 Å². The summed E-state index contributed by atoms with van der Waals surface area (Å²) in [6.45, 7) is 2.24. The van der Waals surface area contributed by atoms with Crippen molar-refractivity contribution >= 4 is 6.03 Å². The predicted octanol–water partition coefficient (Wildman–Crippen LogP) is 2.18. The molecular weight excluding hydrogens is 242 g/mol. The average Bonchev–Trinajstić information content (AvgIpc) is 2.74. The van der Waals surface area contributed by atoms with Crippen molar-refractivity contribution in [2.75, 3.05) is 20.2 Å². The molecule has 0 bridgehead atoms. The molecule has 0 aromatic carbocycles. The molecular formula is C14H21N3O2. The summed E-state index contributed by atoms with van der Waals surface area (Å²) in [5.74, 6) is 0.571. The lowest BCUT2D eigenvalue weighted by Gasteiger charge is -2.20. The molecule has 1 saturated heterocycles. The Morgan fingerprint density at radius 1 is 1.37 bits per heavy atom. The van der Waals surface area contributed by atoms with Gasteiger partial charge in [0.15, 0.2) is 0 Å². The first-order valence-electron chi connectivity index (χ1n) is 6.81. The fourth-order valence-corrected chi connectivity index (χ4v) is 2.24. The summed E-state index contributed by atoms with van der Waals surface area (Å²) >= 11 is 0. The number of carbonyl (C=O) groups excluding carboxylic acids is 1. The maximum Gasteiger partial charge on any atom is 0.317 e. The van der Waals surface area contributed by atoms with Crippen LogP contribution in [0.1, 0.15) is 31.2 Å². The first-order valence-corrected chi connectivity index (χ1v) is 6.81. The minimum absolute atomic E-state index is 0.0256. The third-order valence-electron chi connectivity index (χ3n) is 3.35. The molecule has 5 heteroatoms. The van der Waals surface area contributed by atoms with Gasteiger partial charge in [0.25, 0.3) is 0 Å². The topological polar surface area (TPSA) is 54.5 Å². The fourth-order valence-electron chi connectivity index (χ4n) is 2.24. The summed E-state index contributed by atoms with van der Waals surface area (Å²) in [5.41, 5.74) is 0.995. The molecule has 0 saturated carbocycles. The van der Waals surface area contributed by atoms with Gasteiger partial charge >= 0.3 is 6.03 Å². The second kappa shape index (κ2) is 6.97. The molecule has 1 aromatic heterocycles. The molecule has 104 valence electrons. The van der Waals surface area contributed by atoms with Gasteiger partial charge in [-0.2, -0.15) is 0 Å². The number of urea groups is 1. The number of likely N-dealkylation sites (tertiary alicyclic amines) is 1. The number of nitrogens with one attached hydrogen (secondary N) is 1. The standard InChI is InChI=1S/C14H21N3O2/c1-19-13-10-12(6-7-15-13)11-16-14(18)17-8-4-2-3-5-9-17/h6-7,10H,2-5,8-9,11H2,1H3,(H,16,18). The van der Waals surface area contributed by atoms with E-state index >= 15 is 0 Å². The normalized spacial score (nSPS) is 15.7. The van der Waals surface area contributed by atoms with E-state index in [1.54, 1.807) is 13.3 Å². The monoisotopic (exact) mass is 263 g/mol. The zero-order valence-electron chi connectivity index (χ0n) is 11.4. The molecule has 0 atom stereocenters. The third kappa shape index (κ3) is 4.12. The van der Waals surface area contributed by atoms with Crippen LogP contribution in [-0.4, -0.2) is 36.1 Å². The molecule has 19 heavy (non-hydrogen) atoms. The summed E-state index contributed by atoms with van der Waals surface area (Å²) < 4.78 is 5.06. The van der Waals surface area contributed by atoms with Gasteiger partial charge in [-0.1, -0.05) is 12.8 Å². The van der Waals surface area contributed by atoms with Gasteiger partial charge in [0.1, 0.15) is 0 Å². The van der Waals surface area contributed by atoms with Crippen molar-refractivity contribution in [3.63, 3.8) is 0 Å². The van der Waals surface area contributed by atoms with E-state index in [2.05, 4.69) is 10.3 Å². The Balaban J connectivity index is 1.84. The molecule has 5 nitrogen and oxygen atoms in total. The molecule has 2 rings (SSSR count). The Morgan fingerprint density at radius 3 is 2.79 bits per heavy atom. The highest BCUT2D eigenvalue weighted by atomic mass is 16.5. The van der Waals surface area contributed by atoms with Crippen LogP contribution in [0.4, 0.5) is 4.79 Å². The van der Waals surface area contributed by atoms with Gasteiger partial charge in [0.05, 0.1) is 7.11 Å². The molecule has 1 aliphatic rings. The minimum atomic E-state index is 0.0256. The zero-order chi connectivity index (χ0) is 13.5. The third-order valence-corrected chi connectivity index (χ3v) is 3.35. The van der Waals surface area contributed by atoms with Crippen LogP contribution in [-0.2, 0) is 6.54 Å². The average molecular weight is 263 g/mol. The number of aromatic nitrogens is 1. The lowest BCUT2D eigenvalue weighted by atomic mass is 10.2. The van der Waals surface area contributed by atoms with Crippen molar-refractivity contribution < 1.29 is 9.53 Å². The van der Waals surface area contributed by atoms with Crippen LogP contribution in [0.5, 0.6) is 5.88 Å². The van der Waals surface area contributed by atoms with Crippen LogP contribution in [0, 0.1) is 0 Å². The number of pyridine rings is 1. The number of amides is 2. The molecule has 1 N–H and O–H groups in total. The highest BCUT2D eigenvalue weighted by Gasteiger charge is 2.14. The van der Waals surface area contributed by atoms with Crippen LogP contribution in [0.25, 0.3) is 0 Å². The van der Waals surface area contributed by atoms with Crippen LogP contribution < -0.4 is 10.1 Å². The SMILES string of the molecule is COc1cc(CNC(=O)N2CCCCCC2)ccn1. The van der Waals surface area contributed by atoms with Crippen molar-refractivity contribution in [1.82, 2.24) is 15.2 Å². The molecule has 1 aromatic rings. The maximum absolute atomic E-state index is 12.0. The molecule has 0 unspecified atom stereocenters. The van der Waals surface area contributed by atoms with E-state index in [0.717, 1.165) is 31.5 Å². The second-order valence-corrected chi connectivity index (χ2v) is 4.77. The first kappa shape index (κ1) is 13.6.